The van der Waals surface area contributed by atoms with Gasteiger partial charge in [-0.3, -0.25) is 4.79 Å². The van der Waals surface area contributed by atoms with Crippen molar-refractivity contribution < 1.29 is 9.53 Å². The highest BCUT2D eigenvalue weighted by molar-refractivity contribution is 6.31. The van der Waals surface area contributed by atoms with Crippen LogP contribution in [0, 0.1) is 0 Å². The number of halogens is 1. The van der Waals surface area contributed by atoms with Gasteiger partial charge < -0.3 is 24.9 Å². The van der Waals surface area contributed by atoms with E-state index < -0.39 is 5.97 Å². The zero-order chi connectivity index (χ0) is 23.1. The van der Waals surface area contributed by atoms with Gasteiger partial charge in [0.25, 0.3) is 5.56 Å². The molecular formula is C24H24ClN5O3. The number of fused-ring (bicyclic) bond motifs is 3. The molecule has 3 heterocycles. The first-order valence-electron chi connectivity index (χ1n) is 10.8. The van der Waals surface area contributed by atoms with Crippen LogP contribution in [0.3, 0.4) is 0 Å². The zero-order valence-electron chi connectivity index (χ0n) is 18.2. The molecule has 170 valence electrons. The van der Waals surface area contributed by atoms with Crippen molar-refractivity contribution in [3.63, 3.8) is 0 Å². The fourth-order valence-electron chi connectivity index (χ4n) is 4.51. The van der Waals surface area contributed by atoms with Crippen molar-refractivity contribution in [3.05, 3.63) is 69.0 Å². The number of piperidine rings is 1. The number of nitrogens with one attached hydrogen (secondary N) is 1. The van der Waals surface area contributed by atoms with Gasteiger partial charge in [-0.1, -0.05) is 29.8 Å². The summed E-state index contributed by atoms with van der Waals surface area (Å²) in [5.41, 5.74) is 8.83. The molecule has 1 fully saturated rings. The molecule has 0 amide bonds. The maximum atomic E-state index is 13.2. The van der Waals surface area contributed by atoms with E-state index in [2.05, 4.69) is 9.88 Å². The summed E-state index contributed by atoms with van der Waals surface area (Å²) >= 11 is 6.46. The Labute approximate surface area is 194 Å². The largest absolute Gasteiger partial charge is 0.465 e. The molecule has 2 aromatic heterocycles. The van der Waals surface area contributed by atoms with Crippen LogP contribution in [0.4, 0.5) is 5.95 Å². The molecule has 4 aromatic rings. The summed E-state index contributed by atoms with van der Waals surface area (Å²) in [6, 6.07) is 12.6. The number of anilines is 1. The number of rotatable bonds is 4. The highest BCUT2D eigenvalue weighted by Crippen LogP contribution is 2.30. The van der Waals surface area contributed by atoms with Gasteiger partial charge in [-0.05, 0) is 42.7 Å². The van der Waals surface area contributed by atoms with Crippen molar-refractivity contribution in [2.24, 2.45) is 5.73 Å². The lowest BCUT2D eigenvalue weighted by Gasteiger charge is -2.32. The molecule has 0 bridgehead atoms. The van der Waals surface area contributed by atoms with Crippen LogP contribution in [-0.4, -0.2) is 46.7 Å². The van der Waals surface area contributed by atoms with Gasteiger partial charge in [0.05, 0.1) is 24.7 Å². The van der Waals surface area contributed by atoms with E-state index in [4.69, 9.17) is 27.1 Å². The number of H-pyrrole nitrogens is 1. The minimum atomic E-state index is -0.450. The number of nitrogens with zero attached hydrogens (tertiary/aromatic N) is 3. The van der Waals surface area contributed by atoms with Crippen LogP contribution in [0.2, 0.25) is 5.02 Å². The molecule has 0 saturated carbocycles. The average Bonchev–Trinajstić information content (AvgIpc) is 3.20. The summed E-state index contributed by atoms with van der Waals surface area (Å²) in [4.78, 5) is 35.4. The molecule has 0 unspecified atom stereocenters. The molecule has 0 radical (unpaired) electrons. The third-order valence-electron chi connectivity index (χ3n) is 6.13. The third kappa shape index (κ3) is 3.85. The van der Waals surface area contributed by atoms with Crippen LogP contribution in [0.1, 0.15) is 28.8 Å². The smallest absolute Gasteiger partial charge is 0.337 e. The van der Waals surface area contributed by atoms with Gasteiger partial charge in [0.1, 0.15) is 11.0 Å². The Bertz CT molecular complexity index is 1430. The molecule has 1 aliphatic rings. The Morgan fingerprint density at radius 2 is 2.12 bits per heavy atom. The number of carbonyl (C=O) groups excluding carboxylic acids is 1. The second-order valence-electron chi connectivity index (χ2n) is 8.34. The number of aromatic amines is 1. The van der Waals surface area contributed by atoms with Gasteiger partial charge in [0.2, 0.25) is 5.95 Å². The fraction of sp³-hybridized carbons (Fsp3) is 0.292. The topological polar surface area (TPSA) is 106 Å². The monoisotopic (exact) mass is 465 g/mol. The highest BCUT2D eigenvalue weighted by atomic mass is 35.5. The van der Waals surface area contributed by atoms with E-state index in [-0.39, 0.29) is 11.6 Å². The summed E-state index contributed by atoms with van der Waals surface area (Å²) in [5, 5.41) is 1.29. The molecule has 5 rings (SSSR count). The van der Waals surface area contributed by atoms with Gasteiger partial charge >= 0.3 is 5.97 Å². The van der Waals surface area contributed by atoms with Crippen molar-refractivity contribution in [1.29, 1.82) is 0 Å². The zero-order valence-corrected chi connectivity index (χ0v) is 18.9. The number of carbonyl (C=O) groups is 1. The van der Waals surface area contributed by atoms with Crippen LogP contribution in [0.5, 0.6) is 0 Å². The number of benzene rings is 2. The Balaban J connectivity index is 1.78. The number of esters is 1. The first-order valence-corrected chi connectivity index (χ1v) is 11.2. The number of ether oxygens (including phenoxy) is 1. The molecule has 8 nitrogen and oxygen atoms in total. The maximum Gasteiger partial charge on any atom is 0.337 e. The number of hydrogen-bond donors (Lipinski definition) is 2. The fourth-order valence-corrected chi connectivity index (χ4v) is 4.71. The number of pyridine rings is 1. The first kappa shape index (κ1) is 21.5. The summed E-state index contributed by atoms with van der Waals surface area (Å²) in [7, 11) is 1.34. The van der Waals surface area contributed by atoms with Gasteiger partial charge in [-0.15, -0.1) is 0 Å². The van der Waals surface area contributed by atoms with E-state index in [1.807, 2.05) is 28.8 Å². The number of nitrogens with two attached hydrogens (primary N) is 1. The lowest BCUT2D eigenvalue weighted by molar-refractivity contribution is 0.0601. The van der Waals surface area contributed by atoms with Gasteiger partial charge in [-0.25, -0.2) is 9.78 Å². The first-order chi connectivity index (χ1) is 16.0. The van der Waals surface area contributed by atoms with Crippen molar-refractivity contribution >= 4 is 45.5 Å². The van der Waals surface area contributed by atoms with E-state index >= 15 is 0 Å². The average molecular weight is 466 g/mol. The van der Waals surface area contributed by atoms with E-state index in [1.165, 1.54) is 7.11 Å². The van der Waals surface area contributed by atoms with Crippen molar-refractivity contribution in [1.82, 2.24) is 14.5 Å². The number of imidazole rings is 1. The van der Waals surface area contributed by atoms with E-state index in [1.54, 1.807) is 18.2 Å². The Morgan fingerprint density at radius 1 is 1.30 bits per heavy atom. The van der Waals surface area contributed by atoms with E-state index in [9.17, 15) is 9.59 Å². The molecule has 1 saturated heterocycles. The van der Waals surface area contributed by atoms with Crippen molar-refractivity contribution in [3.8, 4) is 0 Å². The summed E-state index contributed by atoms with van der Waals surface area (Å²) < 4.78 is 6.78. The normalized spacial score (nSPS) is 16.5. The Morgan fingerprint density at radius 3 is 2.88 bits per heavy atom. The Kier molecular flexibility index (Phi) is 5.55. The summed E-state index contributed by atoms with van der Waals surface area (Å²) in [5.74, 6) is 0.218. The number of methoxy groups -OCH3 is 1. The molecular weight excluding hydrogens is 442 g/mol. The lowest BCUT2D eigenvalue weighted by atomic mass is 10.1. The lowest BCUT2D eigenvalue weighted by Crippen LogP contribution is -2.44. The molecule has 33 heavy (non-hydrogen) atoms. The van der Waals surface area contributed by atoms with Crippen LogP contribution in [-0.2, 0) is 11.3 Å². The third-order valence-corrected chi connectivity index (χ3v) is 6.50. The van der Waals surface area contributed by atoms with E-state index in [0.717, 1.165) is 24.9 Å². The molecule has 0 spiro atoms. The molecule has 0 aliphatic carbocycles. The molecule has 1 aliphatic heterocycles. The molecule has 9 heteroatoms. The quantitative estimate of drug-likeness (QED) is 0.448. The van der Waals surface area contributed by atoms with E-state index in [0.29, 0.717) is 51.6 Å². The van der Waals surface area contributed by atoms with Crippen LogP contribution >= 0.6 is 11.6 Å². The minimum Gasteiger partial charge on any atom is -0.465 e. The predicted octanol–water partition coefficient (Wildman–Crippen LogP) is 3.29. The standard InChI is InChI=1S/C24H24ClN5O3/c1-33-23(32)14-8-9-19-17(11-14)20-21(22(31)27-19)30(12-15-5-2-3-7-18(15)25)24(28-20)29-10-4-6-16(26)13-29/h2-3,5,7-9,11,16H,4,6,10,12-13,26H2,1H3,(H,27,31)/t16-/m1/s1. The SMILES string of the molecule is COC(=O)c1ccc2[nH]c(=O)c3c(nc(N4CCC[C@@H](N)C4)n3Cc3ccccc3Cl)c2c1. The minimum absolute atomic E-state index is 0.0354. The van der Waals surface area contributed by atoms with Gasteiger partial charge in [0.15, 0.2) is 0 Å². The maximum absolute atomic E-state index is 13.2. The van der Waals surface area contributed by atoms with Crippen molar-refractivity contribution in [2.45, 2.75) is 25.4 Å². The van der Waals surface area contributed by atoms with Crippen LogP contribution in [0.15, 0.2) is 47.3 Å². The number of aromatic nitrogens is 3. The van der Waals surface area contributed by atoms with Crippen molar-refractivity contribution in [2.75, 3.05) is 25.1 Å². The van der Waals surface area contributed by atoms with Gasteiger partial charge in [0, 0.05) is 29.5 Å². The van der Waals surface area contributed by atoms with Crippen LogP contribution < -0.4 is 16.2 Å². The molecule has 1 atom stereocenters. The highest BCUT2D eigenvalue weighted by Gasteiger charge is 2.25. The Hall–Kier alpha value is -3.36. The van der Waals surface area contributed by atoms with Gasteiger partial charge in [-0.2, -0.15) is 0 Å². The predicted molar refractivity (Wildman–Crippen MR) is 129 cm³/mol. The summed E-state index contributed by atoms with van der Waals surface area (Å²) in [6.45, 7) is 1.82. The second-order valence-corrected chi connectivity index (χ2v) is 8.75. The summed E-state index contributed by atoms with van der Waals surface area (Å²) in [6.07, 6.45) is 1.90. The number of hydrogen-bond acceptors (Lipinski definition) is 6. The molecule has 2 aromatic carbocycles. The second kappa shape index (κ2) is 8.53. The van der Waals surface area contributed by atoms with Crippen LogP contribution in [0.25, 0.3) is 21.9 Å². The molecule has 3 N–H and O–H groups in total.